The van der Waals surface area contributed by atoms with Crippen LogP contribution in [0.2, 0.25) is 0 Å². The second-order valence-electron chi connectivity index (χ2n) is 4.71. The standard InChI is InChI=1S/C16H17FN2O2/c1-10(11-3-6-13(17)7-4-11)19-15-9-12(16(20)21-2)5-8-14(15)18/h3-10,19H,18H2,1-2H3. The Kier molecular flexibility index (Phi) is 4.42. The van der Waals surface area contributed by atoms with Gasteiger partial charge in [-0.3, -0.25) is 0 Å². The minimum absolute atomic E-state index is 0.0826. The number of ether oxygens (including phenoxy) is 1. The lowest BCUT2D eigenvalue weighted by Gasteiger charge is -2.18. The van der Waals surface area contributed by atoms with Crippen LogP contribution in [0.4, 0.5) is 15.8 Å². The van der Waals surface area contributed by atoms with Gasteiger partial charge in [0.05, 0.1) is 24.0 Å². The van der Waals surface area contributed by atoms with Gasteiger partial charge < -0.3 is 15.8 Å². The zero-order valence-corrected chi connectivity index (χ0v) is 11.9. The number of nitrogen functional groups attached to an aromatic ring is 1. The molecule has 0 aliphatic carbocycles. The van der Waals surface area contributed by atoms with Crippen molar-refractivity contribution in [3.63, 3.8) is 0 Å². The molecule has 0 aliphatic rings. The third kappa shape index (κ3) is 3.51. The van der Waals surface area contributed by atoms with Crippen LogP contribution in [0, 0.1) is 5.82 Å². The van der Waals surface area contributed by atoms with Gasteiger partial charge in [-0.1, -0.05) is 12.1 Å². The molecule has 1 atom stereocenters. The van der Waals surface area contributed by atoms with Gasteiger partial charge in [0.25, 0.3) is 0 Å². The van der Waals surface area contributed by atoms with Crippen LogP contribution >= 0.6 is 0 Å². The first-order chi connectivity index (χ1) is 10.0. The molecule has 0 fully saturated rings. The third-order valence-corrected chi connectivity index (χ3v) is 3.22. The summed E-state index contributed by atoms with van der Waals surface area (Å²) in [5.74, 6) is -0.703. The van der Waals surface area contributed by atoms with E-state index in [1.165, 1.54) is 19.2 Å². The number of hydrogen-bond acceptors (Lipinski definition) is 4. The minimum atomic E-state index is -0.424. The van der Waals surface area contributed by atoms with E-state index in [1.54, 1.807) is 30.3 Å². The maximum atomic E-state index is 12.9. The Morgan fingerprint density at radius 3 is 2.52 bits per heavy atom. The number of halogens is 1. The van der Waals surface area contributed by atoms with Crippen molar-refractivity contribution in [3.05, 3.63) is 59.4 Å². The van der Waals surface area contributed by atoms with Crippen molar-refractivity contribution in [1.82, 2.24) is 0 Å². The lowest BCUT2D eigenvalue weighted by molar-refractivity contribution is 0.0601. The molecular formula is C16H17FN2O2. The number of hydrogen-bond donors (Lipinski definition) is 2. The number of carbonyl (C=O) groups excluding carboxylic acids is 1. The average molecular weight is 288 g/mol. The molecular weight excluding hydrogens is 271 g/mol. The van der Waals surface area contributed by atoms with Crippen LogP contribution in [0.15, 0.2) is 42.5 Å². The van der Waals surface area contributed by atoms with Gasteiger partial charge in [-0.2, -0.15) is 0 Å². The number of carbonyl (C=O) groups is 1. The molecule has 110 valence electrons. The van der Waals surface area contributed by atoms with Crippen LogP contribution in [0.3, 0.4) is 0 Å². The highest BCUT2D eigenvalue weighted by molar-refractivity contribution is 5.92. The van der Waals surface area contributed by atoms with E-state index in [-0.39, 0.29) is 11.9 Å². The predicted molar refractivity (Wildman–Crippen MR) is 80.6 cm³/mol. The van der Waals surface area contributed by atoms with E-state index in [0.717, 1.165) is 5.56 Å². The van der Waals surface area contributed by atoms with Gasteiger partial charge in [0.2, 0.25) is 0 Å². The maximum absolute atomic E-state index is 12.9. The summed E-state index contributed by atoms with van der Waals surface area (Å²) in [6, 6.07) is 11.0. The number of methoxy groups -OCH3 is 1. The lowest BCUT2D eigenvalue weighted by Crippen LogP contribution is -2.10. The summed E-state index contributed by atoms with van der Waals surface area (Å²) in [6.07, 6.45) is 0. The summed E-state index contributed by atoms with van der Waals surface area (Å²) < 4.78 is 17.6. The molecule has 0 radical (unpaired) electrons. The van der Waals surface area contributed by atoms with Crippen LogP contribution in [0.5, 0.6) is 0 Å². The Morgan fingerprint density at radius 1 is 1.24 bits per heavy atom. The Hall–Kier alpha value is -2.56. The summed E-state index contributed by atoms with van der Waals surface area (Å²) in [4.78, 5) is 11.5. The quantitative estimate of drug-likeness (QED) is 0.669. The number of nitrogens with two attached hydrogens (primary N) is 1. The van der Waals surface area contributed by atoms with Crippen molar-refractivity contribution < 1.29 is 13.9 Å². The number of esters is 1. The zero-order valence-electron chi connectivity index (χ0n) is 11.9. The molecule has 2 aromatic carbocycles. The number of benzene rings is 2. The van der Waals surface area contributed by atoms with Gasteiger partial charge in [-0.25, -0.2) is 9.18 Å². The second-order valence-corrected chi connectivity index (χ2v) is 4.71. The van der Waals surface area contributed by atoms with Crippen molar-refractivity contribution in [2.24, 2.45) is 0 Å². The largest absolute Gasteiger partial charge is 0.465 e. The van der Waals surface area contributed by atoms with Gasteiger partial charge in [0.15, 0.2) is 0 Å². The van der Waals surface area contributed by atoms with E-state index in [0.29, 0.717) is 16.9 Å². The summed E-state index contributed by atoms with van der Waals surface area (Å²) in [5.41, 5.74) is 8.40. The maximum Gasteiger partial charge on any atom is 0.337 e. The third-order valence-electron chi connectivity index (χ3n) is 3.22. The van der Waals surface area contributed by atoms with Crippen molar-refractivity contribution in [2.75, 3.05) is 18.2 Å². The number of rotatable bonds is 4. The van der Waals surface area contributed by atoms with Crippen LogP contribution in [0.25, 0.3) is 0 Å². The molecule has 2 rings (SSSR count). The topological polar surface area (TPSA) is 64.3 Å². The van der Waals surface area contributed by atoms with Crippen molar-refractivity contribution in [2.45, 2.75) is 13.0 Å². The fraction of sp³-hybridized carbons (Fsp3) is 0.188. The minimum Gasteiger partial charge on any atom is -0.465 e. The molecule has 0 heterocycles. The van der Waals surface area contributed by atoms with Gasteiger partial charge in [0.1, 0.15) is 5.82 Å². The van der Waals surface area contributed by atoms with Gasteiger partial charge in [-0.15, -0.1) is 0 Å². The first-order valence-corrected chi connectivity index (χ1v) is 6.51. The molecule has 0 saturated heterocycles. The molecule has 4 nitrogen and oxygen atoms in total. The molecule has 0 spiro atoms. The molecule has 0 aromatic heterocycles. The normalized spacial score (nSPS) is 11.8. The fourth-order valence-corrected chi connectivity index (χ4v) is 1.99. The highest BCUT2D eigenvalue weighted by Gasteiger charge is 2.11. The summed E-state index contributed by atoms with van der Waals surface area (Å²) >= 11 is 0. The van der Waals surface area contributed by atoms with Crippen LogP contribution < -0.4 is 11.1 Å². The predicted octanol–water partition coefficient (Wildman–Crippen LogP) is 3.37. The Labute approximate surface area is 122 Å². The Morgan fingerprint density at radius 2 is 1.90 bits per heavy atom. The van der Waals surface area contributed by atoms with Crippen molar-refractivity contribution in [3.8, 4) is 0 Å². The summed E-state index contributed by atoms with van der Waals surface area (Å²) in [7, 11) is 1.33. The number of nitrogens with one attached hydrogen (secondary N) is 1. The Bertz CT molecular complexity index is 641. The van der Waals surface area contributed by atoms with Crippen LogP contribution in [-0.4, -0.2) is 13.1 Å². The van der Waals surface area contributed by atoms with Crippen molar-refractivity contribution >= 4 is 17.3 Å². The second kappa shape index (κ2) is 6.26. The number of anilines is 2. The van der Waals surface area contributed by atoms with E-state index in [1.807, 2.05) is 6.92 Å². The first-order valence-electron chi connectivity index (χ1n) is 6.51. The Balaban J connectivity index is 2.22. The molecule has 0 bridgehead atoms. The zero-order chi connectivity index (χ0) is 15.4. The lowest BCUT2D eigenvalue weighted by atomic mass is 10.1. The molecule has 2 aromatic rings. The fourth-order valence-electron chi connectivity index (χ4n) is 1.99. The van der Waals surface area contributed by atoms with Gasteiger partial charge >= 0.3 is 5.97 Å². The monoisotopic (exact) mass is 288 g/mol. The van der Waals surface area contributed by atoms with E-state index in [4.69, 9.17) is 5.73 Å². The SMILES string of the molecule is COC(=O)c1ccc(N)c(NC(C)c2ccc(F)cc2)c1. The van der Waals surface area contributed by atoms with Gasteiger partial charge in [0, 0.05) is 6.04 Å². The molecule has 0 amide bonds. The van der Waals surface area contributed by atoms with Crippen LogP contribution in [0.1, 0.15) is 28.9 Å². The highest BCUT2D eigenvalue weighted by Crippen LogP contribution is 2.25. The molecule has 5 heteroatoms. The molecule has 0 aliphatic heterocycles. The van der Waals surface area contributed by atoms with E-state index < -0.39 is 5.97 Å². The highest BCUT2D eigenvalue weighted by atomic mass is 19.1. The molecule has 21 heavy (non-hydrogen) atoms. The van der Waals surface area contributed by atoms with Crippen molar-refractivity contribution in [1.29, 1.82) is 0 Å². The van der Waals surface area contributed by atoms with E-state index in [2.05, 4.69) is 10.1 Å². The van der Waals surface area contributed by atoms with Gasteiger partial charge in [-0.05, 0) is 42.8 Å². The van der Waals surface area contributed by atoms with E-state index in [9.17, 15) is 9.18 Å². The summed E-state index contributed by atoms with van der Waals surface area (Å²) in [6.45, 7) is 1.93. The van der Waals surface area contributed by atoms with E-state index >= 15 is 0 Å². The average Bonchev–Trinajstić information content (AvgIpc) is 2.49. The molecule has 3 N–H and O–H groups in total. The first kappa shape index (κ1) is 14.8. The molecule has 0 saturated carbocycles. The van der Waals surface area contributed by atoms with Crippen LogP contribution in [-0.2, 0) is 4.74 Å². The molecule has 1 unspecified atom stereocenters. The smallest absolute Gasteiger partial charge is 0.337 e. The summed E-state index contributed by atoms with van der Waals surface area (Å²) in [5, 5.41) is 3.21.